The van der Waals surface area contributed by atoms with Crippen molar-refractivity contribution in [2.45, 2.75) is 18.5 Å². The van der Waals surface area contributed by atoms with Gasteiger partial charge in [0.2, 0.25) is 0 Å². The number of thioether (sulfide) groups is 1. The molecule has 22 heavy (non-hydrogen) atoms. The standard InChI is InChI=1S/C10H14O9P2S/c1-7(11)22-9(8-5-3-2-4-6-8)10(18-20(12,13)14)19-21(15,16)17/h2-6,9-10H,1H3,(H2,12,13,14)(H2,15,16,17). The van der Waals surface area contributed by atoms with Crippen LogP contribution in [0.2, 0.25) is 0 Å². The smallest absolute Gasteiger partial charge is 0.303 e. The Hall–Kier alpha value is -0.540. The summed E-state index contributed by atoms with van der Waals surface area (Å²) in [6, 6.07) is 7.81. The van der Waals surface area contributed by atoms with Crippen molar-refractivity contribution in [1.29, 1.82) is 0 Å². The number of hydrogen-bond donors (Lipinski definition) is 4. The number of carbonyl (C=O) groups is 1. The second-order valence-electron chi connectivity index (χ2n) is 4.00. The van der Waals surface area contributed by atoms with Gasteiger partial charge in [0.25, 0.3) is 0 Å². The minimum absolute atomic E-state index is 0.342. The Bertz CT molecular complexity index is 572. The fourth-order valence-corrected chi connectivity index (χ4v) is 3.48. The number of rotatable bonds is 7. The third-order valence-electron chi connectivity index (χ3n) is 2.15. The molecule has 0 aliphatic rings. The molecule has 1 unspecified atom stereocenters. The van der Waals surface area contributed by atoms with Crippen molar-refractivity contribution >= 4 is 32.5 Å². The lowest BCUT2D eigenvalue weighted by Gasteiger charge is -2.26. The van der Waals surface area contributed by atoms with Gasteiger partial charge in [-0.25, -0.2) is 9.13 Å². The van der Waals surface area contributed by atoms with E-state index in [0.29, 0.717) is 17.3 Å². The zero-order chi connectivity index (χ0) is 17.0. The molecule has 1 aromatic carbocycles. The van der Waals surface area contributed by atoms with Gasteiger partial charge in [-0.05, 0) is 5.56 Å². The molecule has 9 nitrogen and oxygen atoms in total. The van der Waals surface area contributed by atoms with Gasteiger partial charge in [0.15, 0.2) is 11.4 Å². The topological polar surface area (TPSA) is 151 Å². The lowest BCUT2D eigenvalue weighted by molar-refractivity contribution is -0.109. The van der Waals surface area contributed by atoms with Crippen molar-refractivity contribution in [3.05, 3.63) is 35.9 Å². The third-order valence-corrected chi connectivity index (χ3v) is 4.20. The molecule has 12 heteroatoms. The molecule has 0 heterocycles. The van der Waals surface area contributed by atoms with Crippen molar-refractivity contribution in [2.75, 3.05) is 0 Å². The van der Waals surface area contributed by atoms with Crippen molar-refractivity contribution < 1.29 is 42.5 Å². The molecule has 0 aromatic heterocycles. The Morgan fingerprint density at radius 3 is 1.86 bits per heavy atom. The number of phosphoric ester groups is 2. The fourth-order valence-electron chi connectivity index (χ4n) is 1.50. The third kappa shape index (κ3) is 7.64. The Morgan fingerprint density at radius 2 is 1.50 bits per heavy atom. The first-order chi connectivity index (χ1) is 9.98. The summed E-state index contributed by atoms with van der Waals surface area (Å²) >= 11 is 0.567. The van der Waals surface area contributed by atoms with Crippen LogP contribution in [0.25, 0.3) is 0 Å². The zero-order valence-electron chi connectivity index (χ0n) is 11.2. The molecule has 0 saturated heterocycles. The summed E-state index contributed by atoms with van der Waals surface area (Å²) in [4.78, 5) is 46.8. The molecule has 0 aliphatic heterocycles. The van der Waals surface area contributed by atoms with E-state index in [4.69, 9.17) is 19.6 Å². The number of benzene rings is 1. The largest absolute Gasteiger partial charge is 0.471 e. The van der Waals surface area contributed by atoms with E-state index in [0.717, 1.165) is 0 Å². The SMILES string of the molecule is CC(=O)SC(c1ccccc1)C(OP(=O)(O)O)OP(=O)(O)O. The van der Waals surface area contributed by atoms with Crippen molar-refractivity contribution in [2.24, 2.45) is 0 Å². The maximum Gasteiger partial charge on any atom is 0.471 e. The number of carbonyl (C=O) groups excluding carboxylic acids is 1. The van der Waals surface area contributed by atoms with Gasteiger partial charge >= 0.3 is 15.6 Å². The molecule has 0 aliphatic carbocycles. The summed E-state index contributed by atoms with van der Waals surface area (Å²) in [6.07, 6.45) is -2.03. The van der Waals surface area contributed by atoms with E-state index in [1.807, 2.05) is 0 Å². The average molecular weight is 372 g/mol. The van der Waals surface area contributed by atoms with Gasteiger partial charge in [0.1, 0.15) is 0 Å². The molecule has 4 N–H and O–H groups in total. The Balaban J connectivity index is 3.20. The van der Waals surface area contributed by atoms with Crippen LogP contribution in [0.5, 0.6) is 0 Å². The molecule has 0 saturated carbocycles. The summed E-state index contributed by atoms with van der Waals surface area (Å²) in [7, 11) is -10.2. The molecule has 0 amide bonds. The van der Waals surface area contributed by atoms with E-state index in [9.17, 15) is 13.9 Å². The molecule has 0 bridgehead atoms. The molecule has 0 spiro atoms. The molecule has 124 valence electrons. The Morgan fingerprint density at radius 1 is 1.05 bits per heavy atom. The highest BCUT2D eigenvalue weighted by Crippen LogP contribution is 2.50. The zero-order valence-corrected chi connectivity index (χ0v) is 13.8. The van der Waals surface area contributed by atoms with E-state index >= 15 is 0 Å². The average Bonchev–Trinajstić information content (AvgIpc) is 2.32. The Kier molecular flexibility index (Phi) is 6.94. The minimum atomic E-state index is -5.12. The summed E-state index contributed by atoms with van der Waals surface area (Å²) in [5.74, 6) is 0. The van der Waals surface area contributed by atoms with Crippen LogP contribution in [-0.2, 0) is 23.0 Å². The van der Waals surface area contributed by atoms with E-state index in [-0.39, 0.29) is 0 Å². The van der Waals surface area contributed by atoms with Gasteiger partial charge in [-0.3, -0.25) is 13.8 Å². The van der Waals surface area contributed by atoms with Crippen LogP contribution >= 0.6 is 27.4 Å². The van der Waals surface area contributed by atoms with E-state index in [1.54, 1.807) is 18.2 Å². The van der Waals surface area contributed by atoms with Gasteiger partial charge in [-0.15, -0.1) is 0 Å². The Labute approximate surface area is 130 Å². The summed E-state index contributed by atoms with van der Waals surface area (Å²) in [5, 5.41) is -1.64. The highest BCUT2D eigenvalue weighted by molar-refractivity contribution is 8.13. The highest BCUT2D eigenvalue weighted by Gasteiger charge is 2.37. The summed E-state index contributed by atoms with van der Waals surface area (Å²) in [5.41, 5.74) is 0.342. The number of phosphoric acid groups is 2. The first-order valence-corrected chi connectivity index (χ1v) is 9.62. The lowest BCUT2D eigenvalue weighted by atomic mass is 10.1. The predicted molar refractivity (Wildman–Crippen MR) is 77.5 cm³/mol. The van der Waals surface area contributed by atoms with Crippen molar-refractivity contribution in [1.82, 2.24) is 0 Å². The quantitative estimate of drug-likeness (QED) is 0.410. The van der Waals surface area contributed by atoms with Crippen LogP contribution in [0.15, 0.2) is 30.3 Å². The molecule has 1 rings (SSSR count). The second-order valence-corrected chi connectivity index (χ2v) is 7.70. The maximum absolute atomic E-state index is 11.3. The van der Waals surface area contributed by atoms with Crippen LogP contribution in [0.1, 0.15) is 17.7 Å². The van der Waals surface area contributed by atoms with Crippen LogP contribution in [0.3, 0.4) is 0 Å². The van der Waals surface area contributed by atoms with Crippen LogP contribution in [-0.4, -0.2) is 31.0 Å². The predicted octanol–water partition coefficient (Wildman–Crippen LogP) is 1.55. The van der Waals surface area contributed by atoms with E-state index in [2.05, 4.69) is 9.05 Å². The van der Waals surface area contributed by atoms with Gasteiger partial charge in [0.05, 0.1) is 5.25 Å². The normalized spacial score (nSPS) is 14.1. The van der Waals surface area contributed by atoms with E-state index < -0.39 is 32.3 Å². The first-order valence-electron chi connectivity index (χ1n) is 5.68. The van der Waals surface area contributed by atoms with Gasteiger partial charge in [-0.1, -0.05) is 42.1 Å². The van der Waals surface area contributed by atoms with E-state index in [1.165, 1.54) is 19.1 Å². The molecule has 1 aromatic rings. The van der Waals surface area contributed by atoms with Gasteiger partial charge < -0.3 is 19.6 Å². The number of hydrogen-bond acceptors (Lipinski definition) is 6. The fraction of sp³-hybridized carbons (Fsp3) is 0.300. The van der Waals surface area contributed by atoms with Crippen LogP contribution in [0.4, 0.5) is 0 Å². The highest BCUT2D eigenvalue weighted by atomic mass is 32.2. The molecule has 0 radical (unpaired) electrons. The summed E-state index contributed by atoms with van der Waals surface area (Å²) in [6.45, 7) is 1.19. The van der Waals surface area contributed by atoms with Gasteiger partial charge in [0, 0.05) is 6.92 Å². The molecule has 1 atom stereocenters. The maximum atomic E-state index is 11.3. The van der Waals surface area contributed by atoms with Crippen LogP contribution < -0.4 is 0 Å². The monoisotopic (exact) mass is 372 g/mol. The second kappa shape index (κ2) is 7.83. The first kappa shape index (κ1) is 19.5. The van der Waals surface area contributed by atoms with Crippen LogP contribution in [0, 0.1) is 0 Å². The minimum Gasteiger partial charge on any atom is -0.303 e. The lowest BCUT2D eigenvalue weighted by Crippen LogP contribution is -2.23. The van der Waals surface area contributed by atoms with Crippen molar-refractivity contribution in [3.8, 4) is 0 Å². The molecular weight excluding hydrogens is 358 g/mol. The van der Waals surface area contributed by atoms with Gasteiger partial charge in [-0.2, -0.15) is 0 Å². The molecular formula is C10H14O9P2S. The molecule has 0 fully saturated rings. The summed E-state index contributed by atoms with van der Waals surface area (Å²) < 4.78 is 30.6. The van der Waals surface area contributed by atoms with Crippen molar-refractivity contribution in [3.63, 3.8) is 0 Å².